The van der Waals surface area contributed by atoms with Crippen LogP contribution in [-0.4, -0.2) is 19.1 Å². The summed E-state index contributed by atoms with van der Waals surface area (Å²) in [4.78, 5) is 12.2. The fourth-order valence-corrected chi connectivity index (χ4v) is 2.07. The van der Waals surface area contributed by atoms with Crippen LogP contribution in [0.25, 0.3) is 0 Å². The van der Waals surface area contributed by atoms with E-state index in [0.29, 0.717) is 22.2 Å². The highest BCUT2D eigenvalue weighted by atomic mass is 35.5. The van der Waals surface area contributed by atoms with Gasteiger partial charge < -0.3 is 14.8 Å². The van der Waals surface area contributed by atoms with E-state index >= 15 is 0 Å². The molecule has 2 rings (SSSR count). The molecule has 22 heavy (non-hydrogen) atoms. The molecule has 0 aliphatic carbocycles. The van der Waals surface area contributed by atoms with E-state index in [0.717, 1.165) is 5.56 Å². The van der Waals surface area contributed by atoms with Gasteiger partial charge in [-0.3, -0.25) is 4.79 Å². The van der Waals surface area contributed by atoms with Gasteiger partial charge in [0.25, 0.3) is 5.91 Å². The summed E-state index contributed by atoms with van der Waals surface area (Å²) in [7, 11) is 1.58. The molecule has 5 heteroatoms. The Labute approximate surface area is 135 Å². The summed E-state index contributed by atoms with van der Waals surface area (Å²) in [6.45, 7) is 3.59. The van der Waals surface area contributed by atoms with Crippen molar-refractivity contribution in [1.29, 1.82) is 0 Å². The molecular formula is C17H18ClNO3. The average molecular weight is 320 g/mol. The largest absolute Gasteiger partial charge is 0.497 e. The Morgan fingerprint density at radius 2 is 1.91 bits per heavy atom. The van der Waals surface area contributed by atoms with Crippen LogP contribution in [0.1, 0.15) is 12.5 Å². The minimum absolute atomic E-state index is 0.242. The number of carbonyl (C=O) groups is 1. The SMILES string of the molecule is COc1cccc(OC(C)C(=O)Nc2cc(Cl)ccc2C)c1. The third kappa shape index (κ3) is 4.15. The second-order valence-electron chi connectivity index (χ2n) is 4.89. The van der Waals surface area contributed by atoms with E-state index in [1.54, 1.807) is 44.4 Å². The Morgan fingerprint density at radius 1 is 1.18 bits per heavy atom. The van der Waals surface area contributed by atoms with Crippen molar-refractivity contribution in [2.24, 2.45) is 0 Å². The molecule has 0 saturated carbocycles. The van der Waals surface area contributed by atoms with E-state index in [9.17, 15) is 4.79 Å². The van der Waals surface area contributed by atoms with Gasteiger partial charge in [0.15, 0.2) is 6.10 Å². The van der Waals surface area contributed by atoms with Crippen molar-refractivity contribution in [1.82, 2.24) is 0 Å². The van der Waals surface area contributed by atoms with Crippen LogP contribution in [0.5, 0.6) is 11.5 Å². The van der Waals surface area contributed by atoms with Gasteiger partial charge in [0.1, 0.15) is 11.5 Å². The van der Waals surface area contributed by atoms with Gasteiger partial charge in [0.05, 0.1) is 7.11 Å². The van der Waals surface area contributed by atoms with Crippen LogP contribution in [0.4, 0.5) is 5.69 Å². The first-order valence-corrected chi connectivity index (χ1v) is 7.25. The summed E-state index contributed by atoms with van der Waals surface area (Å²) in [5.74, 6) is 1.01. The molecule has 0 aliphatic heterocycles. The lowest BCUT2D eigenvalue weighted by atomic mass is 10.2. The lowest BCUT2D eigenvalue weighted by molar-refractivity contribution is -0.122. The molecule has 0 aliphatic rings. The monoisotopic (exact) mass is 319 g/mol. The summed E-state index contributed by atoms with van der Waals surface area (Å²) in [5.41, 5.74) is 1.62. The summed E-state index contributed by atoms with van der Waals surface area (Å²) in [5, 5.41) is 3.39. The first-order chi connectivity index (χ1) is 10.5. The summed E-state index contributed by atoms with van der Waals surface area (Å²) >= 11 is 5.95. The van der Waals surface area contributed by atoms with Gasteiger partial charge in [-0.05, 0) is 43.7 Å². The summed E-state index contributed by atoms with van der Waals surface area (Å²) < 4.78 is 10.8. The maximum Gasteiger partial charge on any atom is 0.265 e. The van der Waals surface area contributed by atoms with Gasteiger partial charge in [-0.15, -0.1) is 0 Å². The number of rotatable bonds is 5. The fourth-order valence-electron chi connectivity index (χ4n) is 1.90. The molecule has 0 saturated heterocycles. The molecule has 0 aromatic heterocycles. The van der Waals surface area contributed by atoms with Gasteiger partial charge in [0, 0.05) is 16.8 Å². The van der Waals surface area contributed by atoms with Crippen molar-refractivity contribution in [3.8, 4) is 11.5 Å². The number of hydrogen-bond donors (Lipinski definition) is 1. The molecule has 0 spiro atoms. The Balaban J connectivity index is 2.04. The van der Waals surface area contributed by atoms with E-state index in [1.807, 2.05) is 19.1 Å². The highest BCUT2D eigenvalue weighted by molar-refractivity contribution is 6.31. The highest BCUT2D eigenvalue weighted by Crippen LogP contribution is 2.22. The normalized spacial score (nSPS) is 11.6. The number of hydrogen-bond acceptors (Lipinski definition) is 3. The van der Waals surface area contributed by atoms with Crippen molar-refractivity contribution in [2.75, 3.05) is 12.4 Å². The van der Waals surface area contributed by atoms with E-state index in [1.165, 1.54) is 0 Å². The molecule has 4 nitrogen and oxygen atoms in total. The van der Waals surface area contributed by atoms with E-state index in [-0.39, 0.29) is 5.91 Å². The van der Waals surface area contributed by atoms with E-state index in [4.69, 9.17) is 21.1 Å². The number of carbonyl (C=O) groups excluding carboxylic acids is 1. The Morgan fingerprint density at radius 3 is 2.64 bits per heavy atom. The van der Waals surface area contributed by atoms with Crippen molar-refractivity contribution in [3.63, 3.8) is 0 Å². The number of aryl methyl sites for hydroxylation is 1. The maximum absolute atomic E-state index is 12.2. The number of methoxy groups -OCH3 is 1. The zero-order chi connectivity index (χ0) is 16.1. The number of amides is 1. The van der Waals surface area contributed by atoms with Crippen LogP contribution in [0.15, 0.2) is 42.5 Å². The Hall–Kier alpha value is -2.20. The van der Waals surface area contributed by atoms with Crippen LogP contribution in [-0.2, 0) is 4.79 Å². The van der Waals surface area contributed by atoms with Crippen molar-refractivity contribution in [3.05, 3.63) is 53.1 Å². The summed E-state index contributed by atoms with van der Waals surface area (Å²) in [6, 6.07) is 12.5. The molecule has 0 bridgehead atoms. The molecular weight excluding hydrogens is 302 g/mol. The van der Waals surface area contributed by atoms with Gasteiger partial charge in [-0.2, -0.15) is 0 Å². The molecule has 0 radical (unpaired) electrons. The first kappa shape index (κ1) is 16.2. The zero-order valence-corrected chi connectivity index (χ0v) is 13.5. The minimum atomic E-state index is -0.648. The van der Waals surface area contributed by atoms with Crippen LogP contribution < -0.4 is 14.8 Å². The quantitative estimate of drug-likeness (QED) is 0.904. The molecule has 116 valence electrons. The maximum atomic E-state index is 12.2. The molecule has 0 fully saturated rings. The van der Waals surface area contributed by atoms with Crippen LogP contribution in [0.2, 0.25) is 5.02 Å². The number of anilines is 1. The number of nitrogens with one attached hydrogen (secondary N) is 1. The van der Waals surface area contributed by atoms with Crippen LogP contribution >= 0.6 is 11.6 Å². The van der Waals surface area contributed by atoms with Gasteiger partial charge >= 0.3 is 0 Å². The van der Waals surface area contributed by atoms with Gasteiger partial charge in [0.2, 0.25) is 0 Å². The molecule has 1 N–H and O–H groups in total. The predicted octanol–water partition coefficient (Wildman–Crippen LogP) is 4.06. The first-order valence-electron chi connectivity index (χ1n) is 6.87. The van der Waals surface area contributed by atoms with Gasteiger partial charge in [-0.25, -0.2) is 0 Å². The lowest BCUT2D eigenvalue weighted by Crippen LogP contribution is -2.30. The average Bonchev–Trinajstić information content (AvgIpc) is 2.51. The Bertz CT molecular complexity index is 673. The number of benzene rings is 2. The molecule has 2 aromatic carbocycles. The highest BCUT2D eigenvalue weighted by Gasteiger charge is 2.16. The zero-order valence-electron chi connectivity index (χ0n) is 12.7. The standard InChI is InChI=1S/C17H18ClNO3/c1-11-7-8-13(18)9-16(11)19-17(20)12(2)22-15-6-4-5-14(10-15)21-3/h4-10,12H,1-3H3,(H,19,20). The fraction of sp³-hybridized carbons (Fsp3) is 0.235. The van der Waals surface area contributed by atoms with Crippen LogP contribution in [0.3, 0.4) is 0 Å². The smallest absolute Gasteiger partial charge is 0.265 e. The third-order valence-corrected chi connectivity index (χ3v) is 3.42. The van der Waals surface area contributed by atoms with E-state index in [2.05, 4.69) is 5.32 Å². The predicted molar refractivity (Wildman–Crippen MR) is 87.9 cm³/mol. The van der Waals surface area contributed by atoms with Crippen LogP contribution in [0, 0.1) is 6.92 Å². The van der Waals surface area contributed by atoms with Crippen molar-refractivity contribution >= 4 is 23.2 Å². The topological polar surface area (TPSA) is 47.6 Å². The Kier molecular flexibility index (Phi) is 5.28. The molecule has 2 aromatic rings. The van der Waals surface area contributed by atoms with Crippen molar-refractivity contribution < 1.29 is 14.3 Å². The van der Waals surface area contributed by atoms with Gasteiger partial charge in [-0.1, -0.05) is 23.7 Å². The minimum Gasteiger partial charge on any atom is -0.497 e. The molecule has 1 unspecified atom stereocenters. The second-order valence-corrected chi connectivity index (χ2v) is 5.32. The number of ether oxygens (including phenoxy) is 2. The lowest BCUT2D eigenvalue weighted by Gasteiger charge is -2.16. The molecule has 1 amide bonds. The summed E-state index contributed by atoms with van der Waals surface area (Å²) in [6.07, 6.45) is -0.648. The number of halogens is 1. The third-order valence-electron chi connectivity index (χ3n) is 3.18. The molecule has 0 heterocycles. The molecule has 1 atom stereocenters. The van der Waals surface area contributed by atoms with E-state index < -0.39 is 6.10 Å². The van der Waals surface area contributed by atoms with Crippen molar-refractivity contribution in [2.45, 2.75) is 20.0 Å². The second kappa shape index (κ2) is 7.18.